The minimum absolute atomic E-state index is 0.159. The molecule has 3 N–H and O–H groups in total. The summed E-state index contributed by atoms with van der Waals surface area (Å²) >= 11 is 1.71. The van der Waals surface area contributed by atoms with Crippen LogP contribution in [0.5, 0.6) is 0 Å². The fourth-order valence-corrected chi connectivity index (χ4v) is 3.83. The van der Waals surface area contributed by atoms with Crippen LogP contribution in [0.15, 0.2) is 46.6 Å². The zero-order valence-electron chi connectivity index (χ0n) is 14.4. The Morgan fingerprint density at radius 2 is 1.96 bits per heavy atom. The van der Waals surface area contributed by atoms with E-state index >= 15 is 0 Å². The van der Waals surface area contributed by atoms with Gasteiger partial charge in [-0.3, -0.25) is 4.79 Å². The molecular weight excluding hydrogens is 348 g/mol. The third-order valence-corrected chi connectivity index (χ3v) is 5.35. The highest BCUT2D eigenvalue weighted by Crippen LogP contribution is 2.21. The maximum absolute atomic E-state index is 12.7. The van der Waals surface area contributed by atoms with Crippen LogP contribution in [0, 0.1) is 13.8 Å². The average Bonchev–Trinajstić information content (AvgIpc) is 3.30. The predicted molar refractivity (Wildman–Crippen MR) is 104 cm³/mol. The monoisotopic (exact) mass is 366 g/mol. The Kier molecular flexibility index (Phi) is 4.00. The normalized spacial score (nSPS) is 11.2. The molecule has 7 heteroatoms. The third kappa shape index (κ3) is 2.97. The van der Waals surface area contributed by atoms with Gasteiger partial charge in [0.05, 0.1) is 23.1 Å². The second kappa shape index (κ2) is 6.34. The topological polar surface area (TPSA) is 82.7 Å². The van der Waals surface area contributed by atoms with Gasteiger partial charge in [-0.1, -0.05) is 6.07 Å². The number of hydrogen-bond acceptors (Lipinski definition) is 3. The van der Waals surface area contributed by atoms with Crippen LogP contribution in [0.2, 0.25) is 0 Å². The number of amides is 1. The van der Waals surface area contributed by atoms with Gasteiger partial charge in [-0.2, -0.15) is 0 Å². The first-order valence-electron chi connectivity index (χ1n) is 8.24. The van der Waals surface area contributed by atoms with Crippen molar-refractivity contribution in [1.82, 2.24) is 14.5 Å². The van der Waals surface area contributed by atoms with E-state index in [-0.39, 0.29) is 11.6 Å². The van der Waals surface area contributed by atoms with E-state index in [1.807, 2.05) is 26.0 Å². The van der Waals surface area contributed by atoms with E-state index in [0.29, 0.717) is 22.3 Å². The number of carbonyl (C=O) groups excluding carboxylic acids is 1. The highest BCUT2D eigenvalue weighted by molar-refractivity contribution is 7.09. The number of carbonyl (C=O) groups is 1. The molecule has 6 nitrogen and oxygen atoms in total. The number of aromatic nitrogens is 3. The molecule has 0 saturated carbocycles. The zero-order valence-corrected chi connectivity index (χ0v) is 15.2. The van der Waals surface area contributed by atoms with Crippen LogP contribution >= 0.6 is 11.3 Å². The number of rotatable bonds is 4. The molecule has 132 valence electrons. The van der Waals surface area contributed by atoms with Gasteiger partial charge in [0, 0.05) is 22.0 Å². The molecular formula is C19H18N4O2S. The summed E-state index contributed by atoms with van der Waals surface area (Å²) in [7, 11) is 0. The van der Waals surface area contributed by atoms with Crippen LogP contribution in [0.3, 0.4) is 0 Å². The van der Waals surface area contributed by atoms with Crippen molar-refractivity contribution in [2.24, 2.45) is 0 Å². The molecule has 3 heterocycles. The summed E-state index contributed by atoms with van der Waals surface area (Å²) in [6.07, 6.45) is 0. The van der Waals surface area contributed by atoms with Crippen molar-refractivity contribution in [3.63, 3.8) is 0 Å². The van der Waals surface area contributed by atoms with Gasteiger partial charge in [0.15, 0.2) is 0 Å². The second-order valence-electron chi connectivity index (χ2n) is 6.24. The van der Waals surface area contributed by atoms with E-state index < -0.39 is 0 Å². The minimum atomic E-state index is -0.263. The molecule has 0 aliphatic rings. The van der Waals surface area contributed by atoms with Crippen molar-refractivity contribution in [2.45, 2.75) is 20.4 Å². The van der Waals surface area contributed by atoms with Crippen molar-refractivity contribution in [3.8, 4) is 0 Å². The number of aryl methyl sites for hydroxylation is 1. The molecule has 0 saturated heterocycles. The Bertz CT molecular complexity index is 1150. The molecule has 4 aromatic rings. The number of benzene rings is 1. The molecule has 0 fully saturated rings. The highest BCUT2D eigenvalue weighted by Gasteiger charge is 2.16. The second-order valence-corrected chi connectivity index (χ2v) is 7.28. The predicted octanol–water partition coefficient (Wildman–Crippen LogP) is 3.64. The van der Waals surface area contributed by atoms with Gasteiger partial charge in [-0.05, 0) is 49.6 Å². The first kappa shape index (κ1) is 16.4. The summed E-state index contributed by atoms with van der Waals surface area (Å²) in [6.45, 7) is 4.73. The number of nitrogens with zero attached hydrogens (tertiary/aromatic N) is 1. The maximum Gasteiger partial charge on any atom is 0.323 e. The fraction of sp³-hybridized carbons (Fsp3) is 0.158. The molecule has 1 aromatic carbocycles. The Hall–Kier alpha value is -3.06. The smallest absolute Gasteiger partial charge is 0.323 e. The molecule has 0 aliphatic carbocycles. The van der Waals surface area contributed by atoms with Crippen molar-refractivity contribution in [1.29, 1.82) is 0 Å². The summed E-state index contributed by atoms with van der Waals surface area (Å²) < 4.78 is 2.15. The number of H-pyrrole nitrogens is 2. The van der Waals surface area contributed by atoms with Crippen LogP contribution in [0.25, 0.3) is 11.0 Å². The van der Waals surface area contributed by atoms with Crippen molar-refractivity contribution < 1.29 is 4.79 Å². The summed E-state index contributed by atoms with van der Waals surface area (Å²) in [4.78, 5) is 30.7. The van der Waals surface area contributed by atoms with Gasteiger partial charge in [0.25, 0.3) is 5.91 Å². The molecule has 26 heavy (non-hydrogen) atoms. The fourth-order valence-electron chi connectivity index (χ4n) is 3.14. The van der Waals surface area contributed by atoms with E-state index in [0.717, 1.165) is 17.9 Å². The van der Waals surface area contributed by atoms with Gasteiger partial charge in [0.1, 0.15) is 0 Å². The number of imidazole rings is 1. The first-order chi connectivity index (χ1) is 12.5. The summed E-state index contributed by atoms with van der Waals surface area (Å²) in [5.41, 5.74) is 4.39. The molecule has 0 unspecified atom stereocenters. The van der Waals surface area contributed by atoms with E-state index in [9.17, 15) is 9.59 Å². The lowest BCUT2D eigenvalue weighted by atomic mass is 10.2. The van der Waals surface area contributed by atoms with Crippen LogP contribution < -0.4 is 11.0 Å². The standard InChI is InChI=1S/C19H18N4O2S/c1-11-8-15(12(2)23(11)10-14-4-3-7-26-14)18(24)20-13-5-6-16-17(9-13)22-19(25)21-16/h3-9H,10H2,1-2H3,(H,20,24)(H2,21,22,25). The first-order valence-corrected chi connectivity index (χ1v) is 9.12. The van der Waals surface area contributed by atoms with Gasteiger partial charge in [0.2, 0.25) is 0 Å². The lowest BCUT2D eigenvalue weighted by Gasteiger charge is -2.09. The van der Waals surface area contributed by atoms with Crippen LogP contribution in [-0.2, 0) is 6.54 Å². The largest absolute Gasteiger partial charge is 0.343 e. The van der Waals surface area contributed by atoms with Gasteiger partial charge < -0.3 is 19.9 Å². The maximum atomic E-state index is 12.7. The minimum Gasteiger partial charge on any atom is -0.343 e. The Morgan fingerprint density at radius 1 is 1.15 bits per heavy atom. The van der Waals surface area contributed by atoms with Crippen molar-refractivity contribution >= 4 is 34.0 Å². The molecule has 0 bridgehead atoms. The van der Waals surface area contributed by atoms with Crippen LogP contribution in [-0.4, -0.2) is 20.4 Å². The van der Waals surface area contributed by atoms with Crippen LogP contribution in [0.4, 0.5) is 5.69 Å². The molecule has 0 aliphatic heterocycles. The summed E-state index contributed by atoms with van der Waals surface area (Å²) in [5, 5.41) is 4.97. The molecule has 0 atom stereocenters. The van der Waals surface area contributed by atoms with E-state index in [2.05, 4.69) is 31.3 Å². The Balaban J connectivity index is 1.60. The number of fused-ring (bicyclic) bond motifs is 1. The SMILES string of the molecule is Cc1cc(C(=O)Nc2ccc3[nH]c(=O)[nH]c3c2)c(C)n1Cc1cccs1. The number of hydrogen-bond donors (Lipinski definition) is 3. The van der Waals surface area contributed by atoms with Crippen molar-refractivity contribution in [3.05, 3.63) is 74.1 Å². The lowest BCUT2D eigenvalue weighted by Crippen LogP contribution is -2.13. The molecule has 4 rings (SSSR count). The van der Waals surface area contributed by atoms with E-state index in [1.54, 1.807) is 29.5 Å². The van der Waals surface area contributed by atoms with Gasteiger partial charge in [-0.15, -0.1) is 11.3 Å². The quantitative estimate of drug-likeness (QED) is 0.515. The Labute approximate surface area is 153 Å². The molecule has 1 amide bonds. The summed E-state index contributed by atoms with van der Waals surface area (Å²) in [5.74, 6) is -0.159. The number of aromatic amines is 2. The number of nitrogens with one attached hydrogen (secondary N) is 3. The Morgan fingerprint density at radius 3 is 2.73 bits per heavy atom. The van der Waals surface area contributed by atoms with Gasteiger partial charge >= 0.3 is 5.69 Å². The zero-order chi connectivity index (χ0) is 18.3. The average molecular weight is 366 g/mol. The molecule has 3 aromatic heterocycles. The third-order valence-electron chi connectivity index (χ3n) is 4.49. The van der Waals surface area contributed by atoms with E-state index in [1.165, 1.54) is 4.88 Å². The summed E-state index contributed by atoms with van der Waals surface area (Å²) in [6, 6.07) is 11.3. The van der Waals surface area contributed by atoms with E-state index in [4.69, 9.17) is 0 Å². The van der Waals surface area contributed by atoms with Gasteiger partial charge in [-0.25, -0.2) is 4.79 Å². The molecule has 0 radical (unpaired) electrons. The number of anilines is 1. The lowest BCUT2D eigenvalue weighted by molar-refractivity contribution is 0.102. The van der Waals surface area contributed by atoms with Crippen LogP contribution in [0.1, 0.15) is 26.6 Å². The van der Waals surface area contributed by atoms with Crippen molar-refractivity contribution in [2.75, 3.05) is 5.32 Å². The molecule has 0 spiro atoms. The highest BCUT2D eigenvalue weighted by atomic mass is 32.1. The number of thiophene rings is 1.